The summed E-state index contributed by atoms with van der Waals surface area (Å²) in [5.74, 6) is -0.234. The van der Waals surface area contributed by atoms with Gasteiger partial charge in [-0.2, -0.15) is 0 Å². The molecule has 2 aromatic carbocycles. The van der Waals surface area contributed by atoms with Crippen LogP contribution >= 0.6 is 0 Å². The van der Waals surface area contributed by atoms with Gasteiger partial charge in [0, 0.05) is 17.0 Å². The molecule has 3 rings (SSSR count). The van der Waals surface area contributed by atoms with Crippen LogP contribution in [0.5, 0.6) is 5.75 Å². The molecule has 0 unspecified atom stereocenters. The van der Waals surface area contributed by atoms with Crippen LogP contribution in [0.2, 0.25) is 0 Å². The van der Waals surface area contributed by atoms with E-state index in [2.05, 4.69) is 17.4 Å². The molecule has 152 valence electrons. The minimum atomic E-state index is -0.662. The van der Waals surface area contributed by atoms with Gasteiger partial charge in [-0.3, -0.25) is 4.79 Å². The maximum Gasteiger partial charge on any atom is 0.375 e. The third-order valence-corrected chi connectivity index (χ3v) is 4.78. The molecule has 1 atom stereocenters. The second-order valence-corrected chi connectivity index (χ2v) is 6.99. The zero-order chi connectivity index (χ0) is 20.8. The van der Waals surface area contributed by atoms with E-state index in [-0.39, 0.29) is 24.3 Å². The van der Waals surface area contributed by atoms with Crippen LogP contribution in [0.4, 0.5) is 0 Å². The Labute approximate surface area is 169 Å². The fourth-order valence-corrected chi connectivity index (χ4v) is 3.13. The van der Waals surface area contributed by atoms with Crippen molar-refractivity contribution in [1.29, 1.82) is 0 Å². The van der Waals surface area contributed by atoms with Gasteiger partial charge >= 0.3 is 5.97 Å². The van der Waals surface area contributed by atoms with Gasteiger partial charge < -0.3 is 19.2 Å². The standard InChI is InChI=1S/C23H25NO5/c1-15(9-10-17-7-5-4-6-8-17)24-21(25)14-28-23(26)22-16(2)19-13-18(27-3)11-12-20(19)29-22/h4-8,11-13,15H,9-10,14H2,1-3H3,(H,24,25)/t15-/m0/s1. The van der Waals surface area contributed by atoms with Crippen LogP contribution < -0.4 is 10.1 Å². The predicted octanol–water partition coefficient (Wildman–Crippen LogP) is 4.04. The lowest BCUT2D eigenvalue weighted by Gasteiger charge is -2.13. The monoisotopic (exact) mass is 395 g/mol. The average molecular weight is 395 g/mol. The maximum absolute atomic E-state index is 12.4. The normalized spacial score (nSPS) is 11.8. The third-order valence-electron chi connectivity index (χ3n) is 4.78. The molecular formula is C23H25NO5. The number of aryl methyl sites for hydroxylation is 2. The van der Waals surface area contributed by atoms with Gasteiger partial charge in [0.1, 0.15) is 11.3 Å². The van der Waals surface area contributed by atoms with Crippen LogP contribution in [0, 0.1) is 6.92 Å². The molecule has 6 nitrogen and oxygen atoms in total. The molecule has 0 aliphatic rings. The van der Waals surface area contributed by atoms with Gasteiger partial charge in [-0.1, -0.05) is 30.3 Å². The van der Waals surface area contributed by atoms with Gasteiger partial charge in [0.15, 0.2) is 6.61 Å². The van der Waals surface area contributed by atoms with E-state index in [0.29, 0.717) is 16.9 Å². The number of furan rings is 1. The second kappa shape index (κ2) is 9.28. The zero-order valence-electron chi connectivity index (χ0n) is 16.9. The molecule has 1 heterocycles. The van der Waals surface area contributed by atoms with Crippen LogP contribution in [0.3, 0.4) is 0 Å². The first-order valence-corrected chi connectivity index (χ1v) is 9.55. The lowest BCUT2D eigenvalue weighted by molar-refractivity contribution is -0.124. The summed E-state index contributed by atoms with van der Waals surface area (Å²) in [7, 11) is 1.57. The molecule has 0 radical (unpaired) electrons. The topological polar surface area (TPSA) is 77.8 Å². The number of esters is 1. The SMILES string of the molecule is COc1ccc2oc(C(=O)OCC(=O)N[C@@H](C)CCc3ccccc3)c(C)c2c1. The highest BCUT2D eigenvalue weighted by atomic mass is 16.5. The summed E-state index contributed by atoms with van der Waals surface area (Å²) in [4.78, 5) is 24.5. The average Bonchev–Trinajstić information content (AvgIpc) is 3.07. The highest BCUT2D eigenvalue weighted by molar-refractivity contribution is 5.97. The van der Waals surface area contributed by atoms with Crippen molar-refractivity contribution in [3.05, 3.63) is 65.4 Å². The summed E-state index contributed by atoms with van der Waals surface area (Å²) in [6, 6.07) is 15.3. The number of hydrogen-bond acceptors (Lipinski definition) is 5. The van der Waals surface area contributed by atoms with Crippen LogP contribution in [0.25, 0.3) is 11.0 Å². The number of ether oxygens (including phenoxy) is 2. The van der Waals surface area contributed by atoms with E-state index >= 15 is 0 Å². The van der Waals surface area contributed by atoms with Crippen molar-refractivity contribution in [2.24, 2.45) is 0 Å². The van der Waals surface area contributed by atoms with E-state index in [0.717, 1.165) is 18.2 Å². The summed E-state index contributed by atoms with van der Waals surface area (Å²) < 4.78 is 15.9. The van der Waals surface area contributed by atoms with E-state index < -0.39 is 5.97 Å². The van der Waals surface area contributed by atoms with Crippen molar-refractivity contribution in [2.45, 2.75) is 32.7 Å². The summed E-state index contributed by atoms with van der Waals surface area (Å²) >= 11 is 0. The summed E-state index contributed by atoms with van der Waals surface area (Å²) in [6.07, 6.45) is 1.66. The van der Waals surface area contributed by atoms with Gasteiger partial charge in [0.25, 0.3) is 5.91 Å². The predicted molar refractivity (Wildman–Crippen MR) is 110 cm³/mol. The highest BCUT2D eigenvalue weighted by Crippen LogP contribution is 2.29. The number of nitrogens with one attached hydrogen (secondary N) is 1. The number of benzene rings is 2. The molecule has 0 saturated carbocycles. The molecule has 6 heteroatoms. The Kier molecular flexibility index (Phi) is 6.54. The molecule has 1 aromatic heterocycles. The Balaban J connectivity index is 1.51. The molecule has 0 spiro atoms. The number of carbonyl (C=O) groups excluding carboxylic acids is 2. The van der Waals surface area contributed by atoms with Gasteiger partial charge in [0.05, 0.1) is 7.11 Å². The molecule has 0 saturated heterocycles. The van der Waals surface area contributed by atoms with Crippen molar-refractivity contribution in [2.75, 3.05) is 13.7 Å². The quantitative estimate of drug-likeness (QED) is 0.583. The van der Waals surface area contributed by atoms with Crippen LogP contribution in [-0.4, -0.2) is 31.6 Å². The van der Waals surface area contributed by atoms with Crippen LogP contribution in [-0.2, 0) is 16.0 Å². The fraction of sp³-hybridized carbons (Fsp3) is 0.304. The van der Waals surface area contributed by atoms with Crippen LogP contribution in [0.15, 0.2) is 52.9 Å². The summed E-state index contributed by atoms with van der Waals surface area (Å²) in [5.41, 5.74) is 2.44. The Morgan fingerprint density at radius 2 is 1.90 bits per heavy atom. The van der Waals surface area contributed by atoms with Gasteiger partial charge in [-0.05, 0) is 50.5 Å². The molecule has 1 amide bonds. The highest BCUT2D eigenvalue weighted by Gasteiger charge is 2.20. The first-order valence-electron chi connectivity index (χ1n) is 9.55. The third kappa shape index (κ3) is 5.16. The van der Waals surface area contributed by atoms with Crippen LogP contribution in [0.1, 0.15) is 35.0 Å². The maximum atomic E-state index is 12.4. The Hall–Kier alpha value is -3.28. The molecule has 0 aliphatic carbocycles. The number of hydrogen-bond donors (Lipinski definition) is 1. The van der Waals surface area contributed by atoms with Crippen molar-refractivity contribution in [3.63, 3.8) is 0 Å². The van der Waals surface area contributed by atoms with E-state index in [1.54, 1.807) is 32.2 Å². The molecule has 29 heavy (non-hydrogen) atoms. The van der Waals surface area contributed by atoms with Crippen molar-refractivity contribution in [1.82, 2.24) is 5.32 Å². The minimum absolute atomic E-state index is 0.0261. The molecule has 0 fully saturated rings. The van der Waals surface area contributed by atoms with E-state index in [1.165, 1.54) is 5.56 Å². The summed E-state index contributed by atoms with van der Waals surface area (Å²) in [6.45, 7) is 3.35. The number of methoxy groups -OCH3 is 1. The lowest BCUT2D eigenvalue weighted by atomic mass is 10.1. The minimum Gasteiger partial charge on any atom is -0.497 e. The Bertz CT molecular complexity index is 993. The molecule has 1 N–H and O–H groups in total. The van der Waals surface area contributed by atoms with Gasteiger partial charge in [-0.25, -0.2) is 4.79 Å². The van der Waals surface area contributed by atoms with Crippen molar-refractivity contribution < 1.29 is 23.5 Å². The number of carbonyl (C=O) groups is 2. The van der Waals surface area contributed by atoms with E-state index in [4.69, 9.17) is 13.9 Å². The molecule has 0 bridgehead atoms. The number of rotatable bonds is 8. The largest absolute Gasteiger partial charge is 0.497 e. The second-order valence-electron chi connectivity index (χ2n) is 6.99. The molecule has 3 aromatic rings. The van der Waals surface area contributed by atoms with E-state index in [1.807, 2.05) is 25.1 Å². The number of fused-ring (bicyclic) bond motifs is 1. The fourth-order valence-electron chi connectivity index (χ4n) is 3.13. The van der Waals surface area contributed by atoms with Crippen molar-refractivity contribution in [3.8, 4) is 5.75 Å². The number of amides is 1. The molecular weight excluding hydrogens is 370 g/mol. The smallest absolute Gasteiger partial charge is 0.375 e. The first-order chi connectivity index (χ1) is 14.0. The Morgan fingerprint density at radius 1 is 1.14 bits per heavy atom. The van der Waals surface area contributed by atoms with Gasteiger partial charge in [0.2, 0.25) is 5.76 Å². The van der Waals surface area contributed by atoms with E-state index in [9.17, 15) is 9.59 Å². The summed E-state index contributed by atoms with van der Waals surface area (Å²) in [5, 5.41) is 3.62. The lowest BCUT2D eigenvalue weighted by Crippen LogP contribution is -2.36. The van der Waals surface area contributed by atoms with Crippen molar-refractivity contribution >= 4 is 22.8 Å². The van der Waals surface area contributed by atoms with Gasteiger partial charge in [-0.15, -0.1) is 0 Å². The molecule has 0 aliphatic heterocycles. The Morgan fingerprint density at radius 3 is 2.62 bits per heavy atom. The first kappa shape index (κ1) is 20.5. The zero-order valence-corrected chi connectivity index (χ0v) is 16.9.